The zero-order valence-electron chi connectivity index (χ0n) is 12.0. The predicted molar refractivity (Wildman–Crippen MR) is 85.0 cm³/mol. The molecule has 0 saturated heterocycles. The number of anilines is 2. The zero-order chi connectivity index (χ0) is 17.2. The van der Waals surface area contributed by atoms with Crippen LogP contribution in [0.5, 0.6) is 0 Å². The average Bonchev–Trinajstić information content (AvgIpc) is 2.57. The highest BCUT2D eigenvalue weighted by Gasteiger charge is 2.33. The first-order chi connectivity index (χ1) is 11.4. The van der Waals surface area contributed by atoms with Gasteiger partial charge in [0.2, 0.25) is 0 Å². The molecule has 0 unspecified atom stereocenters. The third-order valence-electron chi connectivity index (χ3n) is 3.07. The molecule has 4 nitrogen and oxygen atoms in total. The maximum absolute atomic E-state index is 13.1. The van der Waals surface area contributed by atoms with E-state index in [0.717, 1.165) is 6.07 Å². The molecule has 1 N–H and O–H groups in total. The van der Waals surface area contributed by atoms with Crippen molar-refractivity contribution in [2.24, 2.45) is 0 Å². The highest BCUT2D eigenvalue weighted by Crippen LogP contribution is 2.31. The predicted octanol–water partition coefficient (Wildman–Crippen LogP) is 4.95. The number of hydrogen-bond donors (Lipinski definition) is 1. The number of halogens is 4. The van der Waals surface area contributed by atoms with Gasteiger partial charge in [-0.15, -0.1) is 0 Å². The van der Waals surface area contributed by atoms with Crippen molar-refractivity contribution in [3.05, 3.63) is 65.6 Å². The fourth-order valence-corrected chi connectivity index (χ4v) is 2.09. The number of nitrogens with one attached hydrogen (secondary N) is 1. The van der Waals surface area contributed by atoms with Crippen LogP contribution in [0.4, 0.5) is 24.7 Å². The Labute approximate surface area is 140 Å². The molecule has 122 valence electrons. The SMILES string of the molecule is FC(F)(F)c1cc(Nc2ccc(Cl)cc2)nc(-c2ccncc2)n1. The van der Waals surface area contributed by atoms with Crippen molar-refractivity contribution >= 4 is 23.1 Å². The maximum atomic E-state index is 13.1. The van der Waals surface area contributed by atoms with Crippen LogP contribution in [0.25, 0.3) is 11.4 Å². The highest BCUT2D eigenvalue weighted by atomic mass is 35.5. The summed E-state index contributed by atoms with van der Waals surface area (Å²) >= 11 is 5.80. The minimum absolute atomic E-state index is 0.0338. The molecular formula is C16H10ClF3N4. The van der Waals surface area contributed by atoms with Crippen LogP contribution >= 0.6 is 11.6 Å². The van der Waals surface area contributed by atoms with Gasteiger partial charge in [0.15, 0.2) is 11.5 Å². The van der Waals surface area contributed by atoms with Crippen molar-refractivity contribution in [2.75, 3.05) is 5.32 Å². The molecule has 2 heterocycles. The van der Waals surface area contributed by atoms with Crippen LogP contribution in [0.2, 0.25) is 5.02 Å². The molecule has 1 aromatic carbocycles. The van der Waals surface area contributed by atoms with Crippen LogP contribution in [-0.4, -0.2) is 15.0 Å². The monoisotopic (exact) mass is 350 g/mol. The first kappa shape index (κ1) is 16.2. The summed E-state index contributed by atoms with van der Waals surface area (Å²) in [5.41, 5.74) is -0.0251. The fourth-order valence-electron chi connectivity index (χ4n) is 1.97. The highest BCUT2D eigenvalue weighted by molar-refractivity contribution is 6.30. The van der Waals surface area contributed by atoms with Crippen molar-refractivity contribution in [3.8, 4) is 11.4 Å². The molecule has 3 rings (SSSR count). The number of rotatable bonds is 3. The van der Waals surface area contributed by atoms with E-state index in [9.17, 15) is 13.2 Å². The van der Waals surface area contributed by atoms with Gasteiger partial charge in [-0.1, -0.05) is 11.6 Å². The first-order valence-electron chi connectivity index (χ1n) is 6.81. The van der Waals surface area contributed by atoms with Crippen LogP contribution in [-0.2, 0) is 6.18 Å². The standard InChI is InChI=1S/C16H10ClF3N4/c17-11-1-3-12(4-2-11)22-14-9-13(16(18,19)20)23-15(24-14)10-5-7-21-8-6-10/h1-9H,(H,22,23,24). The largest absolute Gasteiger partial charge is 0.433 e. The molecule has 0 aliphatic carbocycles. The molecule has 0 amide bonds. The summed E-state index contributed by atoms with van der Waals surface area (Å²) in [4.78, 5) is 11.6. The molecule has 0 saturated carbocycles. The van der Waals surface area contributed by atoms with Gasteiger partial charge >= 0.3 is 6.18 Å². The Bertz CT molecular complexity index is 836. The van der Waals surface area contributed by atoms with Crippen molar-refractivity contribution < 1.29 is 13.2 Å². The zero-order valence-corrected chi connectivity index (χ0v) is 12.8. The first-order valence-corrected chi connectivity index (χ1v) is 7.19. The molecule has 0 aliphatic rings. The Morgan fingerprint density at radius 2 is 1.58 bits per heavy atom. The van der Waals surface area contributed by atoms with Gasteiger partial charge in [0.25, 0.3) is 0 Å². The number of aromatic nitrogens is 3. The van der Waals surface area contributed by atoms with E-state index in [-0.39, 0.29) is 11.6 Å². The van der Waals surface area contributed by atoms with Gasteiger partial charge in [-0.05, 0) is 36.4 Å². The van der Waals surface area contributed by atoms with E-state index in [4.69, 9.17) is 11.6 Å². The second-order valence-corrected chi connectivity index (χ2v) is 5.26. The summed E-state index contributed by atoms with van der Waals surface area (Å²) in [7, 11) is 0. The van der Waals surface area contributed by atoms with Crippen molar-refractivity contribution in [1.82, 2.24) is 15.0 Å². The van der Waals surface area contributed by atoms with E-state index in [0.29, 0.717) is 16.3 Å². The molecule has 0 radical (unpaired) electrons. The number of nitrogens with zero attached hydrogens (tertiary/aromatic N) is 3. The Kier molecular flexibility index (Phi) is 4.35. The van der Waals surface area contributed by atoms with Gasteiger partial charge < -0.3 is 5.32 Å². The lowest BCUT2D eigenvalue weighted by Crippen LogP contribution is -2.11. The summed E-state index contributed by atoms with van der Waals surface area (Å²) in [6.45, 7) is 0. The summed E-state index contributed by atoms with van der Waals surface area (Å²) in [6, 6.07) is 10.5. The van der Waals surface area contributed by atoms with E-state index < -0.39 is 11.9 Å². The molecule has 0 bridgehead atoms. The fraction of sp³-hybridized carbons (Fsp3) is 0.0625. The van der Waals surface area contributed by atoms with E-state index >= 15 is 0 Å². The lowest BCUT2D eigenvalue weighted by molar-refractivity contribution is -0.141. The molecule has 0 aliphatic heterocycles. The summed E-state index contributed by atoms with van der Waals surface area (Å²) in [5.74, 6) is -0.00449. The van der Waals surface area contributed by atoms with Gasteiger partial charge in [-0.3, -0.25) is 4.98 Å². The Morgan fingerprint density at radius 3 is 2.21 bits per heavy atom. The molecule has 3 aromatic rings. The second kappa shape index (κ2) is 6.45. The molecular weight excluding hydrogens is 341 g/mol. The molecule has 24 heavy (non-hydrogen) atoms. The number of benzene rings is 1. The van der Waals surface area contributed by atoms with Crippen LogP contribution < -0.4 is 5.32 Å². The maximum Gasteiger partial charge on any atom is 0.433 e. The summed E-state index contributed by atoms with van der Waals surface area (Å²) < 4.78 is 39.3. The van der Waals surface area contributed by atoms with Crippen LogP contribution in [0, 0.1) is 0 Å². The molecule has 8 heteroatoms. The number of alkyl halides is 3. The van der Waals surface area contributed by atoms with Crippen molar-refractivity contribution in [2.45, 2.75) is 6.18 Å². The van der Waals surface area contributed by atoms with E-state index in [2.05, 4.69) is 20.3 Å². The topological polar surface area (TPSA) is 50.7 Å². The lowest BCUT2D eigenvalue weighted by Gasteiger charge is -2.12. The van der Waals surface area contributed by atoms with Crippen LogP contribution in [0.3, 0.4) is 0 Å². The van der Waals surface area contributed by atoms with Gasteiger partial charge in [-0.2, -0.15) is 13.2 Å². The van der Waals surface area contributed by atoms with E-state index in [1.807, 2.05) is 0 Å². The smallest absolute Gasteiger partial charge is 0.340 e. The Balaban J connectivity index is 2.03. The molecule has 0 fully saturated rings. The third kappa shape index (κ3) is 3.80. The Morgan fingerprint density at radius 1 is 0.917 bits per heavy atom. The molecule has 0 atom stereocenters. The normalized spacial score (nSPS) is 11.3. The van der Waals surface area contributed by atoms with Gasteiger partial charge in [0.05, 0.1) is 0 Å². The second-order valence-electron chi connectivity index (χ2n) is 4.83. The van der Waals surface area contributed by atoms with E-state index in [1.54, 1.807) is 36.4 Å². The quantitative estimate of drug-likeness (QED) is 0.725. The Hall–Kier alpha value is -2.67. The van der Waals surface area contributed by atoms with Crippen molar-refractivity contribution in [1.29, 1.82) is 0 Å². The molecule has 0 spiro atoms. The van der Waals surface area contributed by atoms with Gasteiger partial charge in [0, 0.05) is 34.7 Å². The summed E-state index contributed by atoms with van der Waals surface area (Å²) in [6.07, 6.45) is -1.66. The minimum Gasteiger partial charge on any atom is -0.340 e. The van der Waals surface area contributed by atoms with E-state index in [1.165, 1.54) is 12.4 Å². The lowest BCUT2D eigenvalue weighted by atomic mass is 10.2. The minimum atomic E-state index is -4.58. The number of hydrogen-bond acceptors (Lipinski definition) is 4. The van der Waals surface area contributed by atoms with Crippen molar-refractivity contribution in [3.63, 3.8) is 0 Å². The van der Waals surface area contributed by atoms with Gasteiger partial charge in [-0.25, -0.2) is 9.97 Å². The molecule has 2 aromatic heterocycles. The van der Waals surface area contributed by atoms with Gasteiger partial charge in [0.1, 0.15) is 5.82 Å². The average molecular weight is 351 g/mol. The third-order valence-corrected chi connectivity index (χ3v) is 3.32. The number of pyridine rings is 1. The van der Waals surface area contributed by atoms with Crippen LogP contribution in [0.15, 0.2) is 54.9 Å². The summed E-state index contributed by atoms with van der Waals surface area (Å²) in [5, 5.41) is 3.35. The van der Waals surface area contributed by atoms with Crippen LogP contribution in [0.1, 0.15) is 5.69 Å².